The monoisotopic (exact) mass is 582 g/mol. The van der Waals surface area contributed by atoms with Crippen LogP contribution in [0.3, 0.4) is 0 Å². The minimum absolute atomic E-state index is 0.0471. The maximum absolute atomic E-state index is 14.0. The molecular weight excluding hydrogens is 550 g/mol. The molecule has 0 radical (unpaired) electrons. The van der Waals surface area contributed by atoms with Gasteiger partial charge in [0.05, 0.1) is 21.5 Å². The van der Waals surface area contributed by atoms with E-state index in [2.05, 4.69) is 29.4 Å². The number of carbonyl (C=O) groups is 3. The van der Waals surface area contributed by atoms with E-state index in [1.165, 1.54) is 23.1 Å². The molecule has 1 atom stereocenters. The number of rotatable bonds is 11. The van der Waals surface area contributed by atoms with E-state index in [0.717, 1.165) is 30.6 Å². The van der Waals surface area contributed by atoms with Crippen molar-refractivity contribution in [2.45, 2.75) is 51.6 Å². The van der Waals surface area contributed by atoms with E-state index in [1.54, 1.807) is 12.1 Å². The first-order valence-electron chi connectivity index (χ1n) is 13.0. The number of morpholine rings is 1. The Morgan fingerprint density at radius 1 is 1.23 bits per heavy atom. The number of nitrogens with one attached hydrogen (secondary N) is 2. The number of alkyl halides is 2. The Hall–Kier alpha value is -2.60. The fourth-order valence-electron chi connectivity index (χ4n) is 4.80. The van der Waals surface area contributed by atoms with Gasteiger partial charge in [-0.2, -0.15) is 0 Å². The largest absolute Gasteiger partial charge is 0.370 e. The van der Waals surface area contributed by atoms with Gasteiger partial charge in [-0.3, -0.25) is 19.3 Å². The highest BCUT2D eigenvalue weighted by Crippen LogP contribution is 2.34. The van der Waals surface area contributed by atoms with Crippen molar-refractivity contribution in [3.63, 3.8) is 0 Å². The highest BCUT2D eigenvalue weighted by molar-refractivity contribution is 7.18. The molecule has 2 aliphatic rings. The minimum Gasteiger partial charge on any atom is -0.370 e. The molecule has 1 aromatic heterocycles. The summed E-state index contributed by atoms with van der Waals surface area (Å²) in [5.41, 5.74) is -0.0506. The molecule has 39 heavy (non-hydrogen) atoms. The normalized spacial score (nSPS) is 17.0. The lowest BCUT2D eigenvalue weighted by molar-refractivity contribution is -0.126. The minimum atomic E-state index is -2.85. The fourth-order valence-corrected chi connectivity index (χ4v) is 5.75. The van der Waals surface area contributed by atoms with Crippen LogP contribution in [0, 0.1) is 5.92 Å². The third-order valence-corrected chi connectivity index (χ3v) is 8.11. The molecule has 1 aliphatic carbocycles. The molecular formula is C27H33ClF2N4O4S. The molecule has 2 fully saturated rings. The van der Waals surface area contributed by atoms with Crippen molar-refractivity contribution >= 4 is 52.0 Å². The molecule has 0 bridgehead atoms. The molecule has 1 aromatic carbocycles. The number of amides is 3. The van der Waals surface area contributed by atoms with Crippen LogP contribution in [0.4, 0.5) is 20.2 Å². The van der Waals surface area contributed by atoms with Gasteiger partial charge in [-0.15, -0.1) is 11.3 Å². The topological polar surface area (TPSA) is 91.0 Å². The molecule has 1 aliphatic heterocycles. The molecule has 2 aromatic rings. The van der Waals surface area contributed by atoms with Crippen LogP contribution >= 0.6 is 22.9 Å². The maximum atomic E-state index is 14.0. The van der Waals surface area contributed by atoms with Gasteiger partial charge in [0.25, 0.3) is 18.2 Å². The fraction of sp³-hybridized carbons (Fsp3) is 0.519. The van der Waals surface area contributed by atoms with Crippen molar-refractivity contribution in [1.29, 1.82) is 0 Å². The standard InChI is InChI=1S/C27H33ClF2N4O4S/c1-16(2)14-34(18-4-3-5-18)21(13-31-27(37)22-8-9-23(28)39-22)26(36)32-17-6-7-20(19(12-17)25(29)30)33-10-11-38-15-24(33)35/h6-9,12,16,18,21,25H,3-5,10-11,13-15H2,1-2H3,(H,31,37)(H,32,36)/t21-/m1/s1. The molecule has 1 saturated heterocycles. The van der Waals surface area contributed by atoms with Crippen molar-refractivity contribution in [3.8, 4) is 0 Å². The zero-order valence-corrected chi connectivity index (χ0v) is 23.5. The van der Waals surface area contributed by atoms with Crippen LogP contribution in [0.25, 0.3) is 0 Å². The summed E-state index contributed by atoms with van der Waals surface area (Å²) in [7, 11) is 0. The average Bonchev–Trinajstić information content (AvgIpc) is 3.29. The third-order valence-electron chi connectivity index (χ3n) is 6.88. The van der Waals surface area contributed by atoms with Gasteiger partial charge < -0.3 is 20.3 Å². The van der Waals surface area contributed by atoms with Crippen LogP contribution in [0.2, 0.25) is 4.34 Å². The number of hydrogen-bond acceptors (Lipinski definition) is 6. The van der Waals surface area contributed by atoms with E-state index in [1.807, 2.05) is 0 Å². The lowest BCUT2D eigenvalue weighted by atomic mass is 9.89. The summed E-state index contributed by atoms with van der Waals surface area (Å²) in [4.78, 5) is 42.5. The van der Waals surface area contributed by atoms with E-state index in [9.17, 15) is 23.2 Å². The highest BCUT2D eigenvalue weighted by atomic mass is 35.5. The van der Waals surface area contributed by atoms with Crippen molar-refractivity contribution in [3.05, 3.63) is 45.1 Å². The molecule has 2 heterocycles. The van der Waals surface area contributed by atoms with Gasteiger partial charge in [-0.25, -0.2) is 8.78 Å². The number of benzene rings is 1. The zero-order chi connectivity index (χ0) is 28.1. The zero-order valence-electron chi connectivity index (χ0n) is 21.9. The molecule has 3 amide bonds. The summed E-state index contributed by atoms with van der Waals surface area (Å²) in [5, 5.41) is 5.65. The Kier molecular flexibility index (Phi) is 9.92. The van der Waals surface area contributed by atoms with Gasteiger partial charge >= 0.3 is 0 Å². The maximum Gasteiger partial charge on any atom is 0.265 e. The molecule has 1 saturated carbocycles. The molecule has 12 heteroatoms. The molecule has 212 valence electrons. The molecule has 0 unspecified atom stereocenters. The summed E-state index contributed by atoms with van der Waals surface area (Å²) >= 11 is 7.12. The van der Waals surface area contributed by atoms with Crippen molar-refractivity contribution in [2.75, 3.05) is 43.1 Å². The number of thiophene rings is 1. The Balaban J connectivity index is 1.56. The Labute approximate surface area is 235 Å². The third kappa shape index (κ3) is 7.33. The van der Waals surface area contributed by atoms with Gasteiger partial charge in [0, 0.05) is 36.9 Å². The number of nitrogens with zero attached hydrogens (tertiary/aromatic N) is 2. The van der Waals surface area contributed by atoms with Crippen molar-refractivity contribution in [1.82, 2.24) is 10.2 Å². The lowest BCUT2D eigenvalue weighted by Crippen LogP contribution is -2.57. The number of anilines is 2. The SMILES string of the molecule is CC(C)CN(C1CCC1)[C@H](CNC(=O)c1ccc(Cl)s1)C(=O)Nc1ccc(N2CCOCC2=O)c(C(F)F)c1. The number of halogens is 3. The van der Waals surface area contributed by atoms with Crippen LogP contribution in [0.1, 0.15) is 54.8 Å². The molecule has 4 rings (SSSR count). The van der Waals surface area contributed by atoms with Crippen LogP contribution in [0.15, 0.2) is 30.3 Å². The molecule has 2 N–H and O–H groups in total. The molecule has 0 spiro atoms. The summed E-state index contributed by atoms with van der Waals surface area (Å²) in [6, 6.07) is 6.90. The summed E-state index contributed by atoms with van der Waals surface area (Å²) < 4.78 is 33.7. The summed E-state index contributed by atoms with van der Waals surface area (Å²) in [6.45, 7) is 5.08. The quantitative estimate of drug-likeness (QED) is 0.391. The Morgan fingerprint density at radius 2 is 2.00 bits per heavy atom. The second kappa shape index (κ2) is 13.2. The first kappa shape index (κ1) is 29.4. The summed E-state index contributed by atoms with van der Waals surface area (Å²) in [6.07, 6.45) is 0.103. The predicted octanol–water partition coefficient (Wildman–Crippen LogP) is 4.95. The van der Waals surface area contributed by atoms with Crippen molar-refractivity contribution in [2.24, 2.45) is 5.92 Å². The smallest absolute Gasteiger partial charge is 0.265 e. The second-order valence-electron chi connectivity index (χ2n) is 10.2. The Bertz CT molecular complexity index is 1190. The van der Waals surface area contributed by atoms with Gasteiger partial charge in [-0.1, -0.05) is 31.9 Å². The van der Waals surface area contributed by atoms with Gasteiger partial charge in [0.1, 0.15) is 12.6 Å². The van der Waals surface area contributed by atoms with Crippen LogP contribution in [-0.4, -0.2) is 67.6 Å². The number of ether oxygens (including phenoxy) is 1. The van der Waals surface area contributed by atoms with Gasteiger partial charge in [0.2, 0.25) is 5.91 Å². The van der Waals surface area contributed by atoms with E-state index in [-0.39, 0.29) is 61.1 Å². The predicted molar refractivity (Wildman–Crippen MR) is 148 cm³/mol. The van der Waals surface area contributed by atoms with E-state index in [0.29, 0.717) is 15.8 Å². The van der Waals surface area contributed by atoms with Crippen LogP contribution in [0.5, 0.6) is 0 Å². The average molecular weight is 583 g/mol. The van der Waals surface area contributed by atoms with Crippen LogP contribution < -0.4 is 15.5 Å². The number of carbonyl (C=O) groups excluding carboxylic acids is 3. The molecule has 8 nitrogen and oxygen atoms in total. The van der Waals surface area contributed by atoms with Gasteiger partial charge in [-0.05, 0) is 49.1 Å². The Morgan fingerprint density at radius 3 is 2.59 bits per heavy atom. The van der Waals surface area contributed by atoms with Crippen molar-refractivity contribution < 1.29 is 27.9 Å². The van der Waals surface area contributed by atoms with E-state index >= 15 is 0 Å². The van der Waals surface area contributed by atoms with E-state index in [4.69, 9.17) is 16.3 Å². The second-order valence-corrected chi connectivity index (χ2v) is 11.9. The lowest BCUT2D eigenvalue weighted by Gasteiger charge is -2.42. The summed E-state index contributed by atoms with van der Waals surface area (Å²) in [5.74, 6) is -0.860. The number of hydrogen-bond donors (Lipinski definition) is 2. The highest BCUT2D eigenvalue weighted by Gasteiger charge is 2.35. The first-order chi connectivity index (χ1) is 18.6. The van der Waals surface area contributed by atoms with Gasteiger partial charge in [0.15, 0.2) is 0 Å². The first-order valence-corrected chi connectivity index (χ1v) is 14.2. The van der Waals surface area contributed by atoms with E-state index < -0.39 is 24.3 Å². The van der Waals surface area contributed by atoms with Crippen LogP contribution in [-0.2, 0) is 14.3 Å².